The predicted octanol–water partition coefficient (Wildman–Crippen LogP) is 4.16. The average Bonchev–Trinajstić information content (AvgIpc) is 2.64. The number of anilines is 1. The van der Waals surface area contributed by atoms with Crippen LogP contribution < -0.4 is 4.72 Å². The molecule has 0 amide bonds. The van der Waals surface area contributed by atoms with Crippen molar-refractivity contribution >= 4 is 15.7 Å². The van der Waals surface area contributed by atoms with Crippen molar-refractivity contribution in [3.05, 3.63) is 29.8 Å². The smallest absolute Gasteiger partial charge is 0.229 e. The summed E-state index contributed by atoms with van der Waals surface area (Å²) in [5.41, 5.74) is 1.02. The second kappa shape index (κ2) is 12.3. The number of aliphatic hydroxyl groups excluding tert-OH is 1. The molecule has 6 heteroatoms. The first-order valence-electron chi connectivity index (χ1n) is 11.8. The SMILES string of the molecule is [2H]C([2H])([2H])C([2H])([2H])N(CCCCCCC)CCCC(O)c1ccc(NS(C)(=O)=O)cc1. The number of hydrogen-bond donors (Lipinski definition) is 2. The van der Waals surface area contributed by atoms with Gasteiger partial charge in [-0.05, 0) is 56.5 Å². The third kappa shape index (κ3) is 10.1. The van der Waals surface area contributed by atoms with Crippen LogP contribution >= 0.6 is 0 Å². The minimum absolute atomic E-state index is 0.226. The standard InChI is InChI=1S/C20H36N2O3S/c1-4-6-7-8-9-16-22(5-2)17-10-11-20(23)18-12-14-19(15-13-18)21-26(3,24)25/h12-15,20-21,23H,4-11,16-17H2,1-3H3/i2D3,5D2. The highest BCUT2D eigenvalue weighted by molar-refractivity contribution is 7.92. The summed E-state index contributed by atoms with van der Waals surface area (Å²) in [7, 11) is -3.37. The number of nitrogens with one attached hydrogen (secondary N) is 1. The largest absolute Gasteiger partial charge is 0.388 e. The number of hydrogen-bond acceptors (Lipinski definition) is 4. The molecule has 0 radical (unpaired) electrons. The van der Waals surface area contributed by atoms with Gasteiger partial charge in [-0.3, -0.25) is 4.72 Å². The second-order valence-corrected chi connectivity index (χ2v) is 8.42. The summed E-state index contributed by atoms with van der Waals surface area (Å²) in [5.74, 6) is 0. The maximum absolute atomic E-state index is 11.3. The lowest BCUT2D eigenvalue weighted by Gasteiger charge is -2.21. The van der Waals surface area contributed by atoms with E-state index in [0.29, 0.717) is 30.6 Å². The highest BCUT2D eigenvalue weighted by atomic mass is 32.2. The van der Waals surface area contributed by atoms with Gasteiger partial charge in [0.25, 0.3) is 0 Å². The Hall–Kier alpha value is -1.11. The zero-order chi connectivity index (χ0) is 23.7. The number of nitrogens with zero attached hydrogens (tertiary/aromatic N) is 1. The van der Waals surface area contributed by atoms with Crippen LogP contribution in [0.1, 0.15) is 77.2 Å². The minimum atomic E-state index is -3.37. The molecule has 0 bridgehead atoms. The molecule has 150 valence electrons. The number of rotatable bonds is 14. The van der Waals surface area contributed by atoms with E-state index in [1.54, 1.807) is 24.3 Å². The Morgan fingerprint density at radius 3 is 2.42 bits per heavy atom. The molecule has 0 aliphatic carbocycles. The van der Waals surface area contributed by atoms with E-state index in [-0.39, 0.29) is 6.54 Å². The molecule has 0 spiro atoms. The van der Waals surface area contributed by atoms with Gasteiger partial charge in [-0.1, -0.05) is 51.6 Å². The molecule has 0 saturated heterocycles. The maximum Gasteiger partial charge on any atom is 0.229 e. The molecule has 1 rings (SSSR count). The van der Waals surface area contributed by atoms with Crippen molar-refractivity contribution in [1.29, 1.82) is 0 Å². The zero-order valence-electron chi connectivity index (χ0n) is 20.9. The van der Waals surface area contributed by atoms with Crippen LogP contribution in [0.3, 0.4) is 0 Å². The highest BCUT2D eigenvalue weighted by Gasteiger charge is 2.10. The molecule has 0 fully saturated rings. The summed E-state index contributed by atoms with van der Waals surface area (Å²) in [6.07, 6.45) is 5.92. The lowest BCUT2D eigenvalue weighted by Crippen LogP contribution is -2.26. The Morgan fingerprint density at radius 2 is 1.81 bits per heavy atom. The molecule has 26 heavy (non-hydrogen) atoms. The molecule has 0 aromatic heterocycles. The van der Waals surface area contributed by atoms with Crippen LogP contribution in [0.2, 0.25) is 0 Å². The van der Waals surface area contributed by atoms with Crippen LogP contribution in [0.5, 0.6) is 0 Å². The fourth-order valence-corrected chi connectivity index (χ4v) is 3.32. The minimum Gasteiger partial charge on any atom is -0.388 e. The van der Waals surface area contributed by atoms with E-state index in [9.17, 15) is 13.5 Å². The molecule has 5 nitrogen and oxygen atoms in total. The Balaban J connectivity index is 2.66. The van der Waals surface area contributed by atoms with Crippen LogP contribution in [0.15, 0.2) is 24.3 Å². The van der Waals surface area contributed by atoms with Gasteiger partial charge in [0.05, 0.1) is 12.4 Å². The van der Waals surface area contributed by atoms with Gasteiger partial charge in [-0.15, -0.1) is 0 Å². The monoisotopic (exact) mass is 389 g/mol. The molecule has 1 aromatic carbocycles. The van der Waals surface area contributed by atoms with Gasteiger partial charge in [-0.25, -0.2) is 8.42 Å². The summed E-state index contributed by atoms with van der Waals surface area (Å²) < 4.78 is 63.8. The Labute approximate surface area is 166 Å². The molecule has 0 heterocycles. The third-order valence-corrected chi connectivity index (χ3v) is 4.80. The maximum atomic E-state index is 11.3. The van der Waals surface area contributed by atoms with E-state index in [1.165, 1.54) is 4.90 Å². The molecule has 1 unspecified atom stereocenters. The normalized spacial score (nSPS) is 17.0. The van der Waals surface area contributed by atoms with Gasteiger partial charge < -0.3 is 10.0 Å². The van der Waals surface area contributed by atoms with Crippen LogP contribution in [0.4, 0.5) is 5.69 Å². The lowest BCUT2D eigenvalue weighted by atomic mass is 10.0. The van der Waals surface area contributed by atoms with Crippen LogP contribution in [-0.4, -0.2) is 44.3 Å². The quantitative estimate of drug-likeness (QED) is 0.469. The summed E-state index contributed by atoms with van der Waals surface area (Å²) >= 11 is 0. The molecular weight excluding hydrogens is 348 g/mol. The number of sulfonamides is 1. The van der Waals surface area contributed by atoms with Crippen molar-refractivity contribution < 1.29 is 20.4 Å². The van der Waals surface area contributed by atoms with E-state index in [4.69, 9.17) is 6.85 Å². The molecule has 1 atom stereocenters. The number of aliphatic hydroxyl groups is 1. The van der Waals surface area contributed by atoms with Crippen LogP contribution in [0.25, 0.3) is 0 Å². The predicted molar refractivity (Wildman–Crippen MR) is 110 cm³/mol. The number of unbranched alkanes of at least 4 members (excludes halogenated alkanes) is 4. The summed E-state index contributed by atoms with van der Waals surface area (Å²) in [5, 5.41) is 10.4. The number of benzene rings is 1. The Bertz CT molecular complexity index is 755. The molecule has 0 aliphatic heterocycles. The Morgan fingerprint density at radius 1 is 1.15 bits per heavy atom. The van der Waals surface area contributed by atoms with Crippen molar-refractivity contribution in [3.8, 4) is 0 Å². The van der Waals surface area contributed by atoms with Gasteiger partial charge in [-0.2, -0.15) is 0 Å². The topological polar surface area (TPSA) is 69.6 Å². The van der Waals surface area contributed by atoms with Gasteiger partial charge in [0.1, 0.15) is 0 Å². The average molecular weight is 390 g/mol. The third-order valence-electron chi connectivity index (χ3n) is 4.19. The van der Waals surface area contributed by atoms with Gasteiger partial charge in [0.15, 0.2) is 0 Å². The summed E-state index contributed by atoms with van der Waals surface area (Å²) in [4.78, 5) is 1.37. The van der Waals surface area contributed by atoms with Crippen LogP contribution in [-0.2, 0) is 10.0 Å². The van der Waals surface area contributed by atoms with Crippen molar-refractivity contribution in [3.63, 3.8) is 0 Å². The molecule has 2 N–H and O–H groups in total. The molecular formula is C20H36N2O3S. The first-order chi connectivity index (χ1) is 14.3. The summed E-state index contributed by atoms with van der Waals surface area (Å²) in [6, 6.07) is 6.39. The lowest BCUT2D eigenvalue weighted by molar-refractivity contribution is 0.155. The first kappa shape index (κ1) is 15.9. The van der Waals surface area contributed by atoms with E-state index in [2.05, 4.69) is 11.6 Å². The van der Waals surface area contributed by atoms with Crippen molar-refractivity contribution in [2.45, 2.75) is 64.8 Å². The van der Waals surface area contributed by atoms with E-state index < -0.39 is 29.5 Å². The Kier molecular flexibility index (Phi) is 7.53. The van der Waals surface area contributed by atoms with Gasteiger partial charge in [0, 0.05) is 12.5 Å². The van der Waals surface area contributed by atoms with Gasteiger partial charge in [0.2, 0.25) is 10.0 Å². The van der Waals surface area contributed by atoms with E-state index in [1.807, 2.05) is 0 Å². The van der Waals surface area contributed by atoms with E-state index in [0.717, 1.165) is 38.4 Å². The molecule has 0 saturated carbocycles. The van der Waals surface area contributed by atoms with Crippen molar-refractivity contribution in [1.82, 2.24) is 4.90 Å². The fraction of sp³-hybridized carbons (Fsp3) is 0.700. The van der Waals surface area contributed by atoms with E-state index >= 15 is 0 Å². The summed E-state index contributed by atoms with van der Waals surface area (Å²) in [6.45, 7) is -2.49. The second-order valence-electron chi connectivity index (χ2n) is 6.67. The fourth-order valence-electron chi connectivity index (χ4n) is 2.76. The van der Waals surface area contributed by atoms with Crippen LogP contribution in [0, 0.1) is 0 Å². The first-order valence-corrected chi connectivity index (χ1v) is 11.2. The highest BCUT2D eigenvalue weighted by Crippen LogP contribution is 2.21. The zero-order valence-corrected chi connectivity index (χ0v) is 16.7. The van der Waals surface area contributed by atoms with Crippen molar-refractivity contribution in [2.75, 3.05) is 30.6 Å². The molecule has 1 aromatic rings. The van der Waals surface area contributed by atoms with Gasteiger partial charge >= 0.3 is 0 Å². The molecule has 0 aliphatic rings. The van der Waals surface area contributed by atoms with Crippen molar-refractivity contribution in [2.24, 2.45) is 0 Å².